The molecule has 1 amide bonds. The number of para-hydroxylation sites is 1. The van der Waals surface area contributed by atoms with Crippen LogP contribution < -0.4 is 14.5 Å². The second-order valence-electron chi connectivity index (χ2n) is 7.23. The van der Waals surface area contributed by atoms with Gasteiger partial charge in [0.15, 0.2) is 5.13 Å². The Morgan fingerprint density at radius 3 is 2.33 bits per heavy atom. The van der Waals surface area contributed by atoms with Crippen molar-refractivity contribution in [2.75, 3.05) is 57.7 Å². The van der Waals surface area contributed by atoms with E-state index in [0.29, 0.717) is 23.8 Å². The number of ether oxygens (including phenoxy) is 1. The van der Waals surface area contributed by atoms with Gasteiger partial charge in [0.05, 0.1) is 11.3 Å². The number of rotatable bonds is 8. The number of fused-ring (bicyclic) bond motifs is 1. The predicted molar refractivity (Wildman–Crippen MR) is 129 cm³/mol. The fourth-order valence-electron chi connectivity index (χ4n) is 2.94. The number of nitrogens with zero attached hydrogens (tertiary/aromatic N) is 4. The quantitative estimate of drug-likeness (QED) is 0.511. The van der Waals surface area contributed by atoms with Crippen LogP contribution in [0.4, 0.5) is 10.8 Å². The van der Waals surface area contributed by atoms with Crippen LogP contribution in [0.3, 0.4) is 0 Å². The lowest BCUT2D eigenvalue weighted by Gasteiger charge is -2.22. The maximum Gasteiger partial charge on any atom is 0.260 e. The Kier molecular flexibility index (Phi) is 8.46. The van der Waals surface area contributed by atoms with Crippen LogP contribution in [0.15, 0.2) is 42.5 Å². The first-order valence-electron chi connectivity index (χ1n) is 9.67. The van der Waals surface area contributed by atoms with E-state index in [1.165, 1.54) is 11.3 Å². The summed E-state index contributed by atoms with van der Waals surface area (Å²) in [6.07, 6.45) is 0. The standard InChI is InChI=1S/C22H28N4O2S.ClH/c1-6-28-18-8-7-9-19-20(18)23-22(29-19)26(15-14-24(2)3)21(27)16-10-12-17(13-11-16)25(4)5;/h7-13H,6,14-15H2,1-5H3;1H. The lowest BCUT2D eigenvalue weighted by atomic mass is 10.1. The van der Waals surface area contributed by atoms with Gasteiger partial charge in [-0.2, -0.15) is 0 Å². The number of carbonyl (C=O) groups is 1. The highest BCUT2D eigenvalue weighted by Gasteiger charge is 2.22. The minimum absolute atomic E-state index is 0. The summed E-state index contributed by atoms with van der Waals surface area (Å²) in [5.74, 6) is 0.706. The van der Waals surface area contributed by atoms with Gasteiger partial charge in [0, 0.05) is 38.4 Å². The SMILES string of the molecule is CCOc1cccc2sc(N(CCN(C)C)C(=O)c3ccc(N(C)C)cc3)nc12.Cl. The summed E-state index contributed by atoms with van der Waals surface area (Å²) in [4.78, 5) is 24.0. The van der Waals surface area contributed by atoms with Crippen molar-refractivity contribution in [2.24, 2.45) is 0 Å². The molecule has 162 valence electrons. The number of hydrogen-bond donors (Lipinski definition) is 0. The Hall–Kier alpha value is -2.35. The van der Waals surface area contributed by atoms with Gasteiger partial charge in [-0.05, 0) is 57.4 Å². The molecule has 0 aliphatic heterocycles. The second kappa shape index (κ2) is 10.6. The van der Waals surface area contributed by atoms with Gasteiger partial charge < -0.3 is 14.5 Å². The number of amides is 1. The van der Waals surface area contributed by atoms with Crippen molar-refractivity contribution >= 4 is 50.7 Å². The first-order chi connectivity index (χ1) is 13.9. The fraction of sp³-hybridized carbons (Fsp3) is 0.364. The normalized spacial score (nSPS) is 10.7. The third-order valence-corrected chi connectivity index (χ3v) is 5.59. The van der Waals surface area contributed by atoms with Gasteiger partial charge in [0.25, 0.3) is 5.91 Å². The van der Waals surface area contributed by atoms with Crippen LogP contribution in [0.25, 0.3) is 10.2 Å². The summed E-state index contributed by atoms with van der Waals surface area (Å²) in [6, 6.07) is 13.6. The first kappa shape index (κ1) is 23.9. The molecule has 0 atom stereocenters. The molecule has 0 spiro atoms. The molecule has 8 heteroatoms. The molecule has 0 fully saturated rings. The Labute approximate surface area is 188 Å². The molecule has 1 heterocycles. The molecule has 30 heavy (non-hydrogen) atoms. The molecular weight excluding hydrogens is 420 g/mol. The van der Waals surface area contributed by atoms with Gasteiger partial charge in [-0.15, -0.1) is 12.4 Å². The topological polar surface area (TPSA) is 48.9 Å². The maximum absolute atomic E-state index is 13.4. The molecule has 2 aromatic carbocycles. The molecule has 3 aromatic rings. The molecule has 0 aliphatic carbocycles. The number of carbonyl (C=O) groups excluding carboxylic acids is 1. The van der Waals surface area contributed by atoms with Crippen molar-refractivity contribution in [3.63, 3.8) is 0 Å². The summed E-state index contributed by atoms with van der Waals surface area (Å²) in [6.45, 7) is 3.84. The van der Waals surface area contributed by atoms with Gasteiger partial charge in [-0.3, -0.25) is 9.69 Å². The minimum Gasteiger partial charge on any atom is -0.492 e. The lowest BCUT2D eigenvalue weighted by Crippen LogP contribution is -2.36. The molecule has 0 radical (unpaired) electrons. The van der Waals surface area contributed by atoms with Crippen LogP contribution in [0.1, 0.15) is 17.3 Å². The van der Waals surface area contributed by atoms with Crippen LogP contribution in [-0.4, -0.2) is 63.7 Å². The number of benzene rings is 2. The van der Waals surface area contributed by atoms with Gasteiger partial charge in [-0.1, -0.05) is 17.4 Å². The molecule has 0 aliphatic rings. The lowest BCUT2D eigenvalue weighted by molar-refractivity contribution is 0.0985. The smallest absolute Gasteiger partial charge is 0.260 e. The summed E-state index contributed by atoms with van der Waals surface area (Å²) in [5.41, 5.74) is 2.52. The van der Waals surface area contributed by atoms with E-state index >= 15 is 0 Å². The zero-order chi connectivity index (χ0) is 21.0. The summed E-state index contributed by atoms with van der Waals surface area (Å²) in [5, 5.41) is 0.690. The van der Waals surface area contributed by atoms with Crippen molar-refractivity contribution < 1.29 is 9.53 Å². The Bertz CT molecular complexity index is 973. The monoisotopic (exact) mass is 448 g/mol. The maximum atomic E-state index is 13.4. The van der Waals surface area contributed by atoms with E-state index in [1.807, 2.05) is 82.5 Å². The molecular formula is C22H29ClN4O2S. The van der Waals surface area contributed by atoms with Gasteiger partial charge >= 0.3 is 0 Å². The average molecular weight is 449 g/mol. The van der Waals surface area contributed by atoms with E-state index in [9.17, 15) is 4.79 Å². The molecule has 0 bridgehead atoms. The highest BCUT2D eigenvalue weighted by atomic mass is 35.5. The zero-order valence-electron chi connectivity index (χ0n) is 18.1. The van der Waals surface area contributed by atoms with Crippen molar-refractivity contribution in [1.82, 2.24) is 9.88 Å². The Morgan fingerprint density at radius 1 is 1.03 bits per heavy atom. The van der Waals surface area contributed by atoms with Gasteiger partial charge in [-0.25, -0.2) is 4.98 Å². The summed E-state index contributed by atoms with van der Waals surface area (Å²) < 4.78 is 6.73. The average Bonchev–Trinajstić information content (AvgIpc) is 3.13. The molecule has 0 saturated heterocycles. The highest BCUT2D eigenvalue weighted by Crippen LogP contribution is 2.34. The predicted octanol–water partition coefficient (Wildman–Crippen LogP) is 4.39. The summed E-state index contributed by atoms with van der Waals surface area (Å²) in [7, 11) is 7.97. The largest absolute Gasteiger partial charge is 0.492 e. The van der Waals surface area contributed by atoms with E-state index in [1.54, 1.807) is 4.90 Å². The van der Waals surface area contributed by atoms with E-state index in [2.05, 4.69) is 4.90 Å². The third kappa shape index (κ3) is 5.41. The van der Waals surface area contributed by atoms with Crippen LogP contribution in [0.2, 0.25) is 0 Å². The number of thiazole rings is 1. The van der Waals surface area contributed by atoms with E-state index in [0.717, 1.165) is 28.2 Å². The van der Waals surface area contributed by atoms with E-state index < -0.39 is 0 Å². The molecule has 6 nitrogen and oxygen atoms in total. The molecule has 0 N–H and O–H groups in total. The zero-order valence-corrected chi connectivity index (χ0v) is 19.7. The summed E-state index contributed by atoms with van der Waals surface area (Å²) >= 11 is 1.52. The molecule has 0 unspecified atom stereocenters. The van der Waals surface area contributed by atoms with Crippen LogP contribution in [0.5, 0.6) is 5.75 Å². The second-order valence-corrected chi connectivity index (χ2v) is 8.24. The van der Waals surface area contributed by atoms with E-state index in [-0.39, 0.29) is 18.3 Å². The molecule has 0 saturated carbocycles. The molecule has 1 aromatic heterocycles. The Balaban J connectivity index is 0.00000320. The van der Waals surface area contributed by atoms with Gasteiger partial charge in [0.1, 0.15) is 11.3 Å². The number of likely N-dealkylation sites (N-methyl/N-ethyl adjacent to an activating group) is 1. The third-order valence-electron chi connectivity index (χ3n) is 4.55. The van der Waals surface area contributed by atoms with E-state index in [4.69, 9.17) is 9.72 Å². The van der Waals surface area contributed by atoms with Gasteiger partial charge in [0.2, 0.25) is 0 Å². The first-order valence-corrected chi connectivity index (χ1v) is 10.5. The van der Waals surface area contributed by atoms with Crippen molar-refractivity contribution in [3.05, 3.63) is 48.0 Å². The van der Waals surface area contributed by atoms with Crippen LogP contribution >= 0.6 is 23.7 Å². The van der Waals surface area contributed by atoms with Crippen molar-refractivity contribution in [1.29, 1.82) is 0 Å². The van der Waals surface area contributed by atoms with Crippen molar-refractivity contribution in [3.8, 4) is 5.75 Å². The fourth-order valence-corrected chi connectivity index (χ4v) is 3.95. The van der Waals surface area contributed by atoms with Crippen molar-refractivity contribution in [2.45, 2.75) is 6.92 Å². The van der Waals surface area contributed by atoms with Crippen LogP contribution in [0, 0.1) is 0 Å². The Morgan fingerprint density at radius 2 is 1.73 bits per heavy atom. The number of halogens is 1. The number of aromatic nitrogens is 1. The molecule has 3 rings (SSSR count). The minimum atomic E-state index is -0.0471. The number of anilines is 2. The van der Waals surface area contributed by atoms with Crippen LogP contribution in [-0.2, 0) is 0 Å². The highest BCUT2D eigenvalue weighted by molar-refractivity contribution is 7.22. The number of hydrogen-bond acceptors (Lipinski definition) is 6.